The zero-order valence-corrected chi connectivity index (χ0v) is 14.9. The van der Waals surface area contributed by atoms with Gasteiger partial charge in [-0.25, -0.2) is 0 Å². The Kier molecular flexibility index (Phi) is 6.24. The van der Waals surface area contributed by atoms with E-state index in [2.05, 4.69) is 70.2 Å². The predicted molar refractivity (Wildman–Crippen MR) is 99.2 cm³/mol. The molecule has 2 unspecified atom stereocenters. The molecule has 0 N–H and O–H groups in total. The average Bonchev–Trinajstić information content (AvgIpc) is 2.48. The molecule has 2 aromatic carbocycles. The summed E-state index contributed by atoms with van der Waals surface area (Å²) in [4.78, 5) is 0. The molecule has 21 heavy (non-hydrogen) atoms. The molecule has 0 radical (unpaired) electrons. The predicted octanol–water partition coefficient (Wildman–Crippen LogP) is 6.32. The molecule has 0 saturated heterocycles. The summed E-state index contributed by atoms with van der Waals surface area (Å²) in [5, 5.41) is 4.51. The zero-order chi connectivity index (χ0) is 15.2. The summed E-state index contributed by atoms with van der Waals surface area (Å²) in [5.74, 6) is 0. The molecule has 114 valence electrons. The first-order valence-electron chi connectivity index (χ1n) is 8.45. The number of rotatable bonds is 7. The van der Waals surface area contributed by atoms with Gasteiger partial charge in [0.2, 0.25) is 0 Å². The van der Waals surface area contributed by atoms with E-state index in [0.717, 1.165) is 11.3 Å². The van der Waals surface area contributed by atoms with Crippen LogP contribution in [0.3, 0.4) is 0 Å². The van der Waals surface area contributed by atoms with Crippen molar-refractivity contribution in [3.05, 3.63) is 42.5 Å². The minimum atomic E-state index is -0.0898. The van der Waals surface area contributed by atoms with Gasteiger partial charge in [0.1, 0.15) is 0 Å². The maximum absolute atomic E-state index is 2.48. The normalized spacial score (nSPS) is 15.8. The Bertz CT molecular complexity index is 543. The molecule has 0 saturated carbocycles. The lowest BCUT2D eigenvalue weighted by molar-refractivity contribution is 0.741. The van der Waals surface area contributed by atoms with Crippen LogP contribution >= 0.6 is 7.92 Å². The van der Waals surface area contributed by atoms with Crippen LogP contribution in [-0.4, -0.2) is 11.3 Å². The number of hydrogen-bond acceptors (Lipinski definition) is 0. The van der Waals surface area contributed by atoms with Crippen molar-refractivity contribution >= 4 is 24.0 Å². The van der Waals surface area contributed by atoms with Gasteiger partial charge in [0.25, 0.3) is 0 Å². The topological polar surface area (TPSA) is 0 Å². The number of hydrogen-bond donors (Lipinski definition) is 0. The van der Waals surface area contributed by atoms with Crippen LogP contribution in [-0.2, 0) is 0 Å². The van der Waals surface area contributed by atoms with E-state index in [9.17, 15) is 0 Å². The Balaban J connectivity index is 2.47. The first kappa shape index (κ1) is 16.5. The van der Waals surface area contributed by atoms with Crippen molar-refractivity contribution in [1.82, 2.24) is 0 Å². The van der Waals surface area contributed by atoms with Gasteiger partial charge in [-0.2, -0.15) is 0 Å². The van der Waals surface area contributed by atoms with E-state index in [1.165, 1.54) is 36.5 Å². The largest absolute Gasteiger partial charge is 0.0688 e. The molecule has 0 bridgehead atoms. The molecule has 2 atom stereocenters. The van der Waals surface area contributed by atoms with Gasteiger partial charge < -0.3 is 0 Å². The second-order valence-electron chi connectivity index (χ2n) is 6.18. The van der Waals surface area contributed by atoms with E-state index in [0.29, 0.717) is 0 Å². The highest BCUT2D eigenvalue weighted by molar-refractivity contribution is 7.67. The van der Waals surface area contributed by atoms with Gasteiger partial charge in [0.15, 0.2) is 0 Å². The lowest BCUT2D eigenvalue weighted by Crippen LogP contribution is -2.19. The van der Waals surface area contributed by atoms with Crippen LogP contribution < -0.4 is 5.30 Å². The van der Waals surface area contributed by atoms with Gasteiger partial charge in [0, 0.05) is 0 Å². The Morgan fingerprint density at radius 1 is 0.810 bits per heavy atom. The third-order valence-corrected chi connectivity index (χ3v) is 7.77. The molecule has 0 aliphatic carbocycles. The lowest BCUT2D eigenvalue weighted by atomic mass is 10.1. The molecule has 0 aromatic heterocycles. The Hall–Kier alpha value is -0.870. The minimum Gasteiger partial charge on any atom is -0.0688 e. The second-order valence-corrected chi connectivity index (χ2v) is 9.24. The van der Waals surface area contributed by atoms with Crippen LogP contribution in [0.1, 0.15) is 53.4 Å². The molecule has 0 spiro atoms. The summed E-state index contributed by atoms with van der Waals surface area (Å²) in [6.07, 6.45) is 5.29. The minimum absolute atomic E-state index is 0.0898. The molecule has 0 amide bonds. The molecular formula is C20H29P. The highest BCUT2D eigenvalue weighted by Crippen LogP contribution is 2.49. The van der Waals surface area contributed by atoms with Gasteiger partial charge in [-0.1, -0.05) is 90.9 Å². The molecule has 0 heterocycles. The molecule has 2 aromatic rings. The van der Waals surface area contributed by atoms with Crippen LogP contribution in [0.25, 0.3) is 10.8 Å². The second kappa shape index (κ2) is 7.95. The third kappa shape index (κ3) is 3.86. The average molecular weight is 300 g/mol. The van der Waals surface area contributed by atoms with Gasteiger partial charge in [-0.15, -0.1) is 0 Å². The van der Waals surface area contributed by atoms with Crippen LogP contribution in [0.2, 0.25) is 0 Å². The van der Waals surface area contributed by atoms with Gasteiger partial charge >= 0.3 is 0 Å². The van der Waals surface area contributed by atoms with Crippen LogP contribution in [0.15, 0.2) is 42.5 Å². The van der Waals surface area contributed by atoms with Crippen molar-refractivity contribution in [2.24, 2.45) is 0 Å². The summed E-state index contributed by atoms with van der Waals surface area (Å²) in [5.41, 5.74) is 1.63. The van der Waals surface area contributed by atoms with Crippen molar-refractivity contribution < 1.29 is 0 Å². The van der Waals surface area contributed by atoms with Crippen LogP contribution in [0.5, 0.6) is 0 Å². The maximum Gasteiger partial charge on any atom is -0.0107 e. The van der Waals surface area contributed by atoms with Crippen LogP contribution in [0.4, 0.5) is 0 Å². The van der Waals surface area contributed by atoms with Crippen molar-refractivity contribution in [3.63, 3.8) is 0 Å². The van der Waals surface area contributed by atoms with Gasteiger partial charge in [-0.05, 0) is 40.2 Å². The Labute approximate surface area is 131 Å². The van der Waals surface area contributed by atoms with E-state index in [1.54, 1.807) is 5.30 Å². The zero-order valence-electron chi connectivity index (χ0n) is 14.0. The first-order valence-corrected chi connectivity index (χ1v) is 9.93. The highest BCUT2D eigenvalue weighted by Gasteiger charge is 2.25. The first-order chi connectivity index (χ1) is 10.2. The number of benzene rings is 2. The summed E-state index contributed by atoms with van der Waals surface area (Å²) in [6.45, 7) is 9.58. The summed E-state index contributed by atoms with van der Waals surface area (Å²) >= 11 is 0. The summed E-state index contributed by atoms with van der Waals surface area (Å²) in [6, 6.07) is 15.8. The van der Waals surface area contributed by atoms with E-state index >= 15 is 0 Å². The summed E-state index contributed by atoms with van der Waals surface area (Å²) in [7, 11) is -0.0898. The SMILES string of the molecule is CCCC(C)P(c1cccc2ccccc12)C(C)CCC. The monoisotopic (exact) mass is 300 g/mol. The molecule has 2 rings (SSSR count). The van der Waals surface area contributed by atoms with E-state index in [1.807, 2.05) is 0 Å². The van der Waals surface area contributed by atoms with E-state index < -0.39 is 0 Å². The summed E-state index contributed by atoms with van der Waals surface area (Å²) < 4.78 is 0. The standard InChI is InChI=1S/C20H29P/c1-5-10-16(3)21(17(4)11-6-2)20-15-9-13-18-12-7-8-14-19(18)20/h7-9,12-17H,5-6,10-11H2,1-4H3. The van der Waals surface area contributed by atoms with Crippen LogP contribution in [0, 0.1) is 0 Å². The molecule has 0 aliphatic rings. The van der Waals surface area contributed by atoms with Crippen molar-refractivity contribution in [3.8, 4) is 0 Å². The Morgan fingerprint density at radius 2 is 1.38 bits per heavy atom. The van der Waals surface area contributed by atoms with E-state index in [4.69, 9.17) is 0 Å². The van der Waals surface area contributed by atoms with Gasteiger partial charge in [-0.3, -0.25) is 0 Å². The quantitative estimate of drug-likeness (QED) is 0.524. The van der Waals surface area contributed by atoms with Gasteiger partial charge in [0.05, 0.1) is 0 Å². The molecule has 0 aliphatic heterocycles. The molecule has 0 fully saturated rings. The lowest BCUT2D eigenvalue weighted by Gasteiger charge is -2.31. The van der Waals surface area contributed by atoms with Crippen molar-refractivity contribution in [1.29, 1.82) is 0 Å². The highest BCUT2D eigenvalue weighted by atomic mass is 31.1. The van der Waals surface area contributed by atoms with Crippen molar-refractivity contribution in [2.45, 2.75) is 64.7 Å². The fourth-order valence-corrected chi connectivity index (χ4v) is 7.09. The fourth-order valence-electron chi connectivity index (χ4n) is 3.46. The number of fused-ring (bicyclic) bond motifs is 1. The smallest absolute Gasteiger partial charge is 0.0107 e. The fraction of sp³-hybridized carbons (Fsp3) is 0.500. The maximum atomic E-state index is 2.48. The molecule has 1 heteroatoms. The van der Waals surface area contributed by atoms with E-state index in [-0.39, 0.29) is 7.92 Å². The molecular weight excluding hydrogens is 271 g/mol. The Morgan fingerprint density at radius 3 is 2.00 bits per heavy atom. The third-order valence-electron chi connectivity index (χ3n) is 4.41. The van der Waals surface area contributed by atoms with Crippen molar-refractivity contribution in [2.75, 3.05) is 0 Å². The molecule has 0 nitrogen and oxygen atoms in total.